The van der Waals surface area contributed by atoms with Crippen LogP contribution >= 0.6 is 0 Å². The van der Waals surface area contributed by atoms with Gasteiger partial charge in [-0.1, -0.05) is 117 Å². The number of aliphatic carboxylic acids is 1. The van der Waals surface area contributed by atoms with Crippen LogP contribution in [0, 0.1) is 17.8 Å². The third-order valence-corrected chi connectivity index (χ3v) is 16.7. The fraction of sp³-hybridized carbons (Fsp3) is 0.300. The summed E-state index contributed by atoms with van der Waals surface area (Å²) in [6.07, 6.45) is -11.4. The first-order chi connectivity index (χ1) is 51.0. The number of anilines is 3. The maximum absolute atomic E-state index is 13.4. The highest BCUT2D eigenvalue weighted by atomic mass is 19.4. The fourth-order valence-corrected chi connectivity index (χ4v) is 11.7. The molecule has 9 aromatic rings. The van der Waals surface area contributed by atoms with Gasteiger partial charge in [0.2, 0.25) is 11.8 Å². The van der Waals surface area contributed by atoms with Crippen molar-refractivity contribution >= 4 is 47.0 Å². The average Bonchev–Trinajstić information content (AvgIpc) is 1.67. The molecule has 3 aromatic heterocycles. The monoisotopic (exact) mass is 1520 g/mol. The number of amides is 4. The van der Waals surface area contributed by atoms with Gasteiger partial charge in [-0.3, -0.25) is 14.4 Å². The van der Waals surface area contributed by atoms with Crippen LogP contribution in [0.25, 0.3) is 0 Å². The number of ether oxygens (including phenoxy) is 5. The van der Waals surface area contributed by atoms with E-state index >= 15 is 0 Å². The predicted molar refractivity (Wildman–Crippen MR) is 390 cm³/mol. The zero-order valence-corrected chi connectivity index (χ0v) is 59.2. The maximum Gasteiger partial charge on any atom is 0.433 e. The number of likely N-dealkylation sites (tertiary alicyclic amines) is 2. The summed E-state index contributed by atoms with van der Waals surface area (Å²) in [4.78, 5) is 75.7. The molecule has 3 fully saturated rings. The number of alkyl halides is 9. The second-order valence-electron chi connectivity index (χ2n) is 27.2. The number of nitrogens with two attached hydrogens (primary N) is 1. The van der Waals surface area contributed by atoms with Gasteiger partial charge in [0.05, 0.1) is 36.3 Å². The van der Waals surface area contributed by atoms with Gasteiger partial charge in [-0.05, 0) is 131 Å². The fourth-order valence-electron chi connectivity index (χ4n) is 11.7. The first kappa shape index (κ1) is 82.9. The van der Waals surface area contributed by atoms with Gasteiger partial charge in [0.1, 0.15) is 62.8 Å². The van der Waals surface area contributed by atoms with Crippen LogP contribution in [0.15, 0.2) is 219 Å². The molecule has 0 unspecified atom stereocenters. The summed E-state index contributed by atoms with van der Waals surface area (Å²) in [5, 5.41) is 18.5. The number of carboxylic acids is 1. The molecule has 109 heavy (non-hydrogen) atoms. The van der Waals surface area contributed by atoms with E-state index in [9.17, 15) is 68.6 Å². The van der Waals surface area contributed by atoms with Crippen LogP contribution in [0.5, 0.6) is 34.5 Å². The van der Waals surface area contributed by atoms with Crippen molar-refractivity contribution in [1.29, 1.82) is 0 Å². The Morgan fingerprint density at radius 2 is 0.771 bits per heavy atom. The molecule has 6 heterocycles. The van der Waals surface area contributed by atoms with Crippen LogP contribution in [-0.2, 0) is 42.4 Å². The largest absolute Gasteiger partial charge is 0.481 e. The van der Waals surface area contributed by atoms with Crippen molar-refractivity contribution in [2.75, 3.05) is 55.6 Å². The summed E-state index contributed by atoms with van der Waals surface area (Å²) < 4.78 is 140. The summed E-state index contributed by atoms with van der Waals surface area (Å²) in [5.74, 6) is -1.33. The normalized spacial score (nSPS) is 17.6. The summed E-state index contributed by atoms with van der Waals surface area (Å²) in [5.41, 5.74) is 5.82. The Morgan fingerprint density at radius 3 is 1.12 bits per heavy atom. The Morgan fingerprint density at radius 1 is 0.422 bits per heavy atom. The number of rotatable bonds is 14. The molecule has 3 saturated heterocycles. The Balaban J connectivity index is 0.000000190. The Hall–Kier alpha value is -11.8. The Bertz CT molecular complexity index is 4480. The van der Waals surface area contributed by atoms with Crippen LogP contribution < -0.4 is 35.9 Å². The van der Waals surface area contributed by atoms with Crippen molar-refractivity contribution < 1.29 is 92.3 Å². The number of halogens is 9. The zero-order valence-electron chi connectivity index (χ0n) is 59.2. The van der Waals surface area contributed by atoms with Crippen molar-refractivity contribution in [2.45, 2.75) is 96.5 Å². The summed E-state index contributed by atoms with van der Waals surface area (Å²) in [6, 6.07) is 54.8. The van der Waals surface area contributed by atoms with Gasteiger partial charge < -0.3 is 60.3 Å². The third-order valence-electron chi connectivity index (χ3n) is 16.7. The van der Waals surface area contributed by atoms with E-state index in [2.05, 4.69) is 30.9 Å². The number of nitrogens with one attached hydrogen (secondary N) is 3. The van der Waals surface area contributed by atoms with E-state index in [0.717, 1.165) is 60.0 Å². The number of benzene rings is 6. The number of nitrogen functional groups attached to an aromatic ring is 1. The van der Waals surface area contributed by atoms with E-state index in [-0.39, 0.29) is 73.3 Å². The van der Waals surface area contributed by atoms with Crippen molar-refractivity contribution in [3.05, 3.63) is 253 Å². The van der Waals surface area contributed by atoms with E-state index in [1.807, 2.05) is 91.0 Å². The predicted octanol–water partition coefficient (Wildman–Crippen LogP) is 18.1. The standard InChI is InChI=1S/C28H28F3N3O4.C23H20F3N3O2.C16H21NO4.C12H9F3N2O.CH4/c1-27(2,3)38-26(36)34-16-22(18-8-5-4-6-9-18)23(17-34)25(35)33-19-10-7-11-20(14-19)37-21-12-13-24(32-15-21)28(29,30)31;24-23(25,26)21-10-9-18(12-28-21)31-17-8-4-7-16(11-17)29-22(30)20-14-27-13-19(20)15-5-2-1-3-6-15;1-16(2,3)21-15(20)17-9-12(13(10-17)14(18)19)11-7-5-4-6-8-11;13-12(14,15)11-5-4-10(7-17-11)18-9-3-1-2-8(16)6-9;/h4-15,22-23H,16-17H2,1-3H3,(H,33,35);1-12,19-20,27H,13-14H2,(H,29,30);4-8,12-13H,9-10H2,1-3H3,(H,18,19);1-7H,16H2;1H4/t22-,23+;19-,20+;12-,13+;;/m111../s1. The van der Waals surface area contributed by atoms with Gasteiger partial charge in [0.25, 0.3) is 0 Å². The molecule has 29 heteroatoms. The first-order valence-electron chi connectivity index (χ1n) is 33.9. The molecule has 3 aliphatic rings. The van der Waals surface area contributed by atoms with Crippen LogP contribution in [-0.4, -0.2) is 110 Å². The molecule has 6 aromatic carbocycles. The highest BCUT2D eigenvalue weighted by molar-refractivity contribution is 5.95. The molecular formula is C80H82F9N9O11. The Kier molecular flexibility index (Phi) is 27.6. The van der Waals surface area contributed by atoms with Crippen molar-refractivity contribution in [3.8, 4) is 34.5 Å². The average molecular weight is 1520 g/mol. The first-order valence-corrected chi connectivity index (χ1v) is 33.9. The van der Waals surface area contributed by atoms with Crippen LogP contribution in [0.2, 0.25) is 0 Å². The van der Waals surface area contributed by atoms with E-state index in [0.29, 0.717) is 53.9 Å². The van der Waals surface area contributed by atoms with Gasteiger partial charge in [-0.2, -0.15) is 39.5 Å². The highest BCUT2D eigenvalue weighted by Crippen LogP contribution is 2.39. The van der Waals surface area contributed by atoms with Crippen LogP contribution in [0.1, 0.15) is 100 Å². The maximum atomic E-state index is 13.4. The lowest BCUT2D eigenvalue weighted by Gasteiger charge is -2.24. The molecule has 6 atom stereocenters. The molecule has 20 nitrogen and oxygen atoms in total. The van der Waals surface area contributed by atoms with E-state index in [1.54, 1.807) is 119 Å². The second kappa shape index (κ2) is 36.2. The molecular weight excluding hydrogens is 1430 g/mol. The van der Waals surface area contributed by atoms with Crippen molar-refractivity contribution in [3.63, 3.8) is 0 Å². The highest BCUT2D eigenvalue weighted by Gasteiger charge is 2.44. The number of carboxylic acid groups (broad SMARTS) is 1. The van der Waals surface area contributed by atoms with Crippen LogP contribution in [0.4, 0.5) is 66.2 Å². The molecule has 0 bridgehead atoms. The molecule has 0 radical (unpaired) electrons. The number of carbonyl (C=O) groups is 5. The lowest BCUT2D eigenvalue weighted by Crippen LogP contribution is -2.36. The molecule has 0 spiro atoms. The smallest absolute Gasteiger partial charge is 0.433 e. The SMILES string of the molecule is C.CC(C)(C)OC(=O)N1C[C@H](C(=O)Nc2cccc(Oc3ccc(C(F)(F)F)nc3)c2)[C@@H](c2ccccc2)C1.CC(C)(C)OC(=O)N1C[C@H](C(=O)O)[C@@H](c2ccccc2)C1.Nc1cccc(Oc2ccc(C(F)(F)F)nc2)c1.O=C(Nc1cccc(Oc2ccc(C(F)(F)F)nc2)c1)[C@H]1CNC[C@@H]1c1ccccc1. The van der Waals surface area contributed by atoms with Gasteiger partial charge in [0.15, 0.2) is 0 Å². The summed E-state index contributed by atoms with van der Waals surface area (Å²) in [7, 11) is 0. The van der Waals surface area contributed by atoms with E-state index in [1.165, 1.54) is 23.1 Å². The number of nitrogens with zero attached hydrogens (tertiary/aromatic N) is 5. The number of hydrogen-bond acceptors (Lipinski definition) is 15. The lowest BCUT2D eigenvalue weighted by atomic mass is 9.88. The minimum atomic E-state index is -4.54. The van der Waals surface area contributed by atoms with Crippen molar-refractivity contribution in [2.24, 2.45) is 17.8 Å². The molecule has 0 saturated carbocycles. The number of hydrogen-bond donors (Lipinski definition) is 5. The minimum absolute atomic E-state index is 0. The van der Waals surface area contributed by atoms with Gasteiger partial charge in [-0.25, -0.2) is 24.5 Å². The van der Waals surface area contributed by atoms with Crippen molar-refractivity contribution in [1.82, 2.24) is 30.1 Å². The van der Waals surface area contributed by atoms with E-state index < -0.39 is 76.8 Å². The quantitative estimate of drug-likeness (QED) is 0.0501. The molecule has 12 rings (SSSR count). The number of carbonyl (C=O) groups excluding carboxylic acids is 4. The number of aromatic nitrogens is 3. The number of pyridine rings is 3. The molecule has 4 amide bonds. The molecule has 0 aliphatic carbocycles. The van der Waals surface area contributed by atoms with Gasteiger partial charge >= 0.3 is 36.7 Å². The second-order valence-corrected chi connectivity index (χ2v) is 27.2. The topological polar surface area (TPSA) is 259 Å². The third kappa shape index (κ3) is 24.6. The lowest BCUT2D eigenvalue weighted by molar-refractivity contribution is -0.142. The molecule has 576 valence electrons. The summed E-state index contributed by atoms with van der Waals surface area (Å²) in [6.45, 7) is 13.1. The van der Waals surface area contributed by atoms with Gasteiger partial charge in [0, 0.05) is 92.3 Å². The Labute approximate surface area is 623 Å². The van der Waals surface area contributed by atoms with Crippen LogP contribution in [0.3, 0.4) is 0 Å². The minimum Gasteiger partial charge on any atom is -0.481 e. The van der Waals surface area contributed by atoms with Gasteiger partial charge in [-0.15, -0.1) is 0 Å². The zero-order chi connectivity index (χ0) is 78.1. The molecule has 6 N–H and O–H groups in total. The summed E-state index contributed by atoms with van der Waals surface area (Å²) >= 11 is 0. The van der Waals surface area contributed by atoms with E-state index in [4.69, 9.17) is 29.4 Å². The molecule has 3 aliphatic heterocycles.